The van der Waals surface area contributed by atoms with E-state index in [4.69, 9.17) is 23.2 Å². The zero-order valence-electron chi connectivity index (χ0n) is 12.7. The van der Waals surface area contributed by atoms with Crippen LogP contribution in [0.5, 0.6) is 0 Å². The van der Waals surface area contributed by atoms with Crippen LogP contribution in [-0.2, 0) is 6.54 Å². The van der Waals surface area contributed by atoms with Crippen molar-refractivity contribution in [3.63, 3.8) is 0 Å². The predicted octanol–water partition coefficient (Wildman–Crippen LogP) is 3.48. The Balaban J connectivity index is 2.07. The summed E-state index contributed by atoms with van der Waals surface area (Å²) >= 11 is 11.8. The lowest BCUT2D eigenvalue weighted by Crippen LogP contribution is -2.52. The topological polar surface area (TPSA) is 43.7 Å². The first-order valence-corrected chi connectivity index (χ1v) is 8.32. The van der Waals surface area contributed by atoms with Crippen LogP contribution < -0.4 is 0 Å². The van der Waals surface area contributed by atoms with Gasteiger partial charge in [-0.05, 0) is 37.1 Å². The average molecular weight is 350 g/mol. The second-order valence-corrected chi connectivity index (χ2v) is 6.94. The van der Waals surface area contributed by atoms with Gasteiger partial charge in [-0.3, -0.25) is 4.90 Å². The highest BCUT2D eigenvalue weighted by Gasteiger charge is 2.41. The molecule has 1 saturated heterocycles. The van der Waals surface area contributed by atoms with Crippen LogP contribution in [0.1, 0.15) is 31.7 Å². The van der Waals surface area contributed by atoms with E-state index in [0.717, 1.165) is 19.4 Å². The maximum atomic E-state index is 13.6. The van der Waals surface area contributed by atoms with Crippen LogP contribution in [0.25, 0.3) is 0 Å². The smallest absolute Gasteiger partial charge is 0.142 e. The molecule has 2 N–H and O–H groups in total. The minimum absolute atomic E-state index is 0.00776. The maximum absolute atomic E-state index is 13.6. The Morgan fingerprint density at radius 1 is 1.36 bits per heavy atom. The summed E-state index contributed by atoms with van der Waals surface area (Å²) in [6.07, 6.45) is 1.84. The van der Waals surface area contributed by atoms with Crippen molar-refractivity contribution in [3.05, 3.63) is 33.6 Å². The molecule has 0 saturated carbocycles. The molecule has 1 aromatic rings. The number of aliphatic hydroxyl groups is 2. The Labute approximate surface area is 140 Å². The monoisotopic (exact) mass is 349 g/mol. The standard InChI is InChI=1S/C16H22Cl2FNO2/c1-2-3-16(10-21)4-5-20(9-15(16)22)8-11-6-14(19)13(18)7-12(11)17/h6-7,15,21-22H,2-5,8-10H2,1H3/t15-,16-/m1/s1. The fraction of sp³-hybridized carbons (Fsp3) is 0.625. The molecule has 2 atom stereocenters. The Morgan fingerprint density at radius 2 is 2.09 bits per heavy atom. The Kier molecular flexibility index (Phi) is 6.08. The van der Waals surface area contributed by atoms with Crippen molar-refractivity contribution in [1.82, 2.24) is 4.90 Å². The van der Waals surface area contributed by atoms with Gasteiger partial charge in [-0.25, -0.2) is 4.39 Å². The van der Waals surface area contributed by atoms with Gasteiger partial charge in [-0.2, -0.15) is 0 Å². The van der Waals surface area contributed by atoms with Gasteiger partial charge in [0.25, 0.3) is 0 Å². The van der Waals surface area contributed by atoms with Gasteiger partial charge in [0, 0.05) is 23.5 Å². The Hall–Kier alpha value is -0.390. The molecule has 0 aliphatic carbocycles. The van der Waals surface area contributed by atoms with Gasteiger partial charge in [-0.1, -0.05) is 36.5 Å². The van der Waals surface area contributed by atoms with Crippen molar-refractivity contribution >= 4 is 23.2 Å². The molecule has 0 aromatic heterocycles. The molecule has 1 heterocycles. The van der Waals surface area contributed by atoms with Crippen molar-refractivity contribution in [1.29, 1.82) is 0 Å². The lowest BCUT2D eigenvalue weighted by molar-refractivity contribution is -0.0802. The molecule has 0 bridgehead atoms. The zero-order valence-corrected chi connectivity index (χ0v) is 14.2. The van der Waals surface area contributed by atoms with E-state index in [1.54, 1.807) is 0 Å². The Morgan fingerprint density at radius 3 is 2.68 bits per heavy atom. The summed E-state index contributed by atoms with van der Waals surface area (Å²) in [6, 6.07) is 2.75. The first kappa shape index (κ1) is 18.0. The number of hydrogen-bond donors (Lipinski definition) is 2. The summed E-state index contributed by atoms with van der Waals surface area (Å²) in [5, 5.41) is 20.5. The van der Waals surface area contributed by atoms with Gasteiger partial charge in [0.2, 0.25) is 0 Å². The van der Waals surface area contributed by atoms with E-state index in [1.165, 1.54) is 12.1 Å². The molecule has 22 heavy (non-hydrogen) atoms. The third kappa shape index (κ3) is 3.74. The molecule has 124 valence electrons. The SMILES string of the molecule is CCC[C@]1(CO)CCN(Cc2cc(F)c(Cl)cc2Cl)C[C@H]1O. The number of nitrogens with zero attached hydrogens (tertiary/aromatic N) is 1. The fourth-order valence-corrected chi connectivity index (χ4v) is 3.64. The highest BCUT2D eigenvalue weighted by Crippen LogP contribution is 2.37. The summed E-state index contributed by atoms with van der Waals surface area (Å²) in [5.41, 5.74) is 0.239. The first-order valence-electron chi connectivity index (χ1n) is 7.56. The molecule has 6 heteroatoms. The maximum Gasteiger partial charge on any atom is 0.142 e. The molecule has 1 fully saturated rings. The van der Waals surface area contributed by atoms with Crippen LogP contribution in [0.4, 0.5) is 4.39 Å². The van der Waals surface area contributed by atoms with Crippen molar-refractivity contribution in [2.75, 3.05) is 19.7 Å². The molecule has 1 aliphatic heterocycles. The number of benzene rings is 1. The molecule has 0 amide bonds. The zero-order chi connectivity index (χ0) is 16.3. The molecule has 0 radical (unpaired) electrons. The van der Waals surface area contributed by atoms with E-state index in [-0.39, 0.29) is 11.6 Å². The third-order valence-electron chi connectivity index (χ3n) is 4.61. The van der Waals surface area contributed by atoms with Crippen molar-refractivity contribution in [2.24, 2.45) is 5.41 Å². The van der Waals surface area contributed by atoms with Crippen LogP contribution >= 0.6 is 23.2 Å². The minimum atomic E-state index is -0.595. The highest BCUT2D eigenvalue weighted by atomic mass is 35.5. The van der Waals surface area contributed by atoms with Gasteiger partial charge in [0.1, 0.15) is 5.82 Å². The van der Waals surface area contributed by atoms with Crippen molar-refractivity contribution in [2.45, 2.75) is 38.8 Å². The van der Waals surface area contributed by atoms with E-state index in [1.807, 2.05) is 11.8 Å². The summed E-state index contributed by atoms with van der Waals surface area (Å²) in [6.45, 7) is 3.68. The second kappa shape index (κ2) is 7.45. The van der Waals surface area contributed by atoms with Crippen LogP contribution in [0.3, 0.4) is 0 Å². The van der Waals surface area contributed by atoms with Gasteiger partial charge in [-0.15, -0.1) is 0 Å². The summed E-state index contributed by atoms with van der Waals surface area (Å²) in [7, 11) is 0. The predicted molar refractivity (Wildman–Crippen MR) is 86.7 cm³/mol. The minimum Gasteiger partial charge on any atom is -0.396 e. The molecule has 0 unspecified atom stereocenters. The fourth-order valence-electron chi connectivity index (χ4n) is 3.20. The number of likely N-dealkylation sites (tertiary alicyclic amines) is 1. The van der Waals surface area contributed by atoms with Gasteiger partial charge in [0.05, 0.1) is 17.7 Å². The van der Waals surface area contributed by atoms with E-state index in [9.17, 15) is 14.6 Å². The van der Waals surface area contributed by atoms with Crippen LogP contribution in [-0.4, -0.2) is 40.9 Å². The molecule has 1 aromatic carbocycles. The van der Waals surface area contributed by atoms with E-state index in [2.05, 4.69) is 0 Å². The van der Waals surface area contributed by atoms with Crippen molar-refractivity contribution < 1.29 is 14.6 Å². The number of aliphatic hydroxyl groups excluding tert-OH is 2. The Bertz CT molecular complexity index is 529. The van der Waals surface area contributed by atoms with Crippen LogP contribution in [0.2, 0.25) is 10.0 Å². The number of rotatable bonds is 5. The third-order valence-corrected chi connectivity index (χ3v) is 5.25. The number of β-amino-alcohol motifs (C(OH)–C–C–N with tert-alkyl or cyclic N) is 1. The van der Waals surface area contributed by atoms with Gasteiger partial charge < -0.3 is 10.2 Å². The molecular formula is C16H22Cl2FNO2. The quantitative estimate of drug-likeness (QED) is 0.799. The van der Waals surface area contributed by atoms with E-state index >= 15 is 0 Å². The van der Waals surface area contributed by atoms with Gasteiger partial charge in [0.15, 0.2) is 0 Å². The summed E-state index contributed by atoms with van der Waals surface area (Å²) in [5.74, 6) is -0.491. The lowest BCUT2D eigenvalue weighted by Gasteiger charge is -2.44. The number of halogens is 3. The molecule has 3 nitrogen and oxygen atoms in total. The van der Waals surface area contributed by atoms with Crippen LogP contribution in [0, 0.1) is 11.2 Å². The van der Waals surface area contributed by atoms with Gasteiger partial charge >= 0.3 is 0 Å². The first-order chi connectivity index (χ1) is 10.4. The number of piperidine rings is 1. The highest BCUT2D eigenvalue weighted by molar-refractivity contribution is 6.35. The second-order valence-electron chi connectivity index (χ2n) is 6.13. The summed E-state index contributed by atoms with van der Waals surface area (Å²) < 4.78 is 13.6. The summed E-state index contributed by atoms with van der Waals surface area (Å²) in [4.78, 5) is 2.03. The van der Waals surface area contributed by atoms with E-state index in [0.29, 0.717) is 30.1 Å². The van der Waals surface area contributed by atoms with Crippen LogP contribution in [0.15, 0.2) is 12.1 Å². The average Bonchev–Trinajstić information content (AvgIpc) is 2.48. The lowest BCUT2D eigenvalue weighted by atomic mass is 9.73. The number of hydrogen-bond acceptors (Lipinski definition) is 3. The normalized spacial score (nSPS) is 26.4. The molecule has 1 aliphatic rings. The molecule has 2 rings (SSSR count). The van der Waals surface area contributed by atoms with Crippen molar-refractivity contribution in [3.8, 4) is 0 Å². The van der Waals surface area contributed by atoms with E-state index < -0.39 is 17.3 Å². The largest absolute Gasteiger partial charge is 0.396 e. The molecule has 0 spiro atoms. The molecular weight excluding hydrogens is 328 g/mol.